The average molecular weight is 252 g/mol. The topological polar surface area (TPSA) is 54.2 Å². The molecular formula is C13H24N4O. The van der Waals surface area contributed by atoms with Gasteiger partial charge in [0.25, 0.3) is 0 Å². The summed E-state index contributed by atoms with van der Waals surface area (Å²) in [7, 11) is 0. The van der Waals surface area contributed by atoms with E-state index in [1.807, 2.05) is 0 Å². The number of rotatable bonds is 6. The van der Waals surface area contributed by atoms with Crippen molar-refractivity contribution in [1.82, 2.24) is 20.4 Å². The van der Waals surface area contributed by atoms with Crippen LogP contribution in [0.4, 0.5) is 0 Å². The molecule has 0 aliphatic carbocycles. The van der Waals surface area contributed by atoms with Crippen LogP contribution < -0.4 is 5.32 Å². The molecule has 0 bridgehead atoms. The monoisotopic (exact) mass is 252 g/mol. The van der Waals surface area contributed by atoms with Crippen molar-refractivity contribution in [3.63, 3.8) is 0 Å². The summed E-state index contributed by atoms with van der Waals surface area (Å²) in [6.07, 6.45) is 4.74. The molecule has 1 saturated heterocycles. The summed E-state index contributed by atoms with van der Waals surface area (Å²) >= 11 is 0. The zero-order valence-corrected chi connectivity index (χ0v) is 11.4. The van der Waals surface area contributed by atoms with Crippen LogP contribution in [0, 0.1) is 5.92 Å². The molecule has 2 heterocycles. The first-order valence-electron chi connectivity index (χ1n) is 6.95. The summed E-state index contributed by atoms with van der Waals surface area (Å²) < 4.78 is 4.71. The molecule has 1 N–H and O–H groups in total. The molecule has 5 nitrogen and oxygen atoms in total. The van der Waals surface area contributed by atoms with Gasteiger partial charge < -0.3 is 14.7 Å². The van der Waals surface area contributed by atoms with Gasteiger partial charge in [-0.25, -0.2) is 0 Å². The molecule has 1 aromatic rings. The number of piperidine rings is 1. The number of hydrogen-bond acceptors (Lipinski definition) is 5. The third-order valence-corrected chi connectivity index (χ3v) is 3.40. The highest BCUT2D eigenvalue weighted by Crippen LogP contribution is 2.11. The Morgan fingerprint density at radius 3 is 2.83 bits per heavy atom. The summed E-state index contributed by atoms with van der Waals surface area (Å²) in [5.41, 5.74) is 0. The first-order chi connectivity index (χ1) is 8.74. The molecule has 18 heavy (non-hydrogen) atoms. The quantitative estimate of drug-likeness (QED) is 0.827. The fraction of sp³-hybridized carbons (Fsp3) is 0.846. The molecular weight excluding hydrogens is 228 g/mol. The van der Waals surface area contributed by atoms with Crippen LogP contribution in [0.5, 0.6) is 0 Å². The lowest BCUT2D eigenvalue weighted by Crippen LogP contribution is -2.44. The second-order valence-electron chi connectivity index (χ2n) is 5.52. The van der Waals surface area contributed by atoms with Crippen LogP contribution in [-0.4, -0.2) is 47.3 Å². The third-order valence-electron chi connectivity index (χ3n) is 3.40. The molecule has 0 unspecified atom stereocenters. The van der Waals surface area contributed by atoms with Crippen LogP contribution in [-0.2, 0) is 6.42 Å². The smallest absolute Gasteiger partial charge is 0.213 e. The van der Waals surface area contributed by atoms with E-state index in [2.05, 4.69) is 34.2 Å². The lowest BCUT2D eigenvalue weighted by molar-refractivity contribution is 0.180. The Hall–Kier alpha value is -0.940. The van der Waals surface area contributed by atoms with Crippen molar-refractivity contribution in [2.45, 2.75) is 39.2 Å². The van der Waals surface area contributed by atoms with Gasteiger partial charge in [-0.15, -0.1) is 0 Å². The lowest BCUT2D eigenvalue weighted by Gasteiger charge is -2.33. The predicted molar refractivity (Wildman–Crippen MR) is 70.3 cm³/mol. The first-order valence-corrected chi connectivity index (χ1v) is 6.95. The van der Waals surface area contributed by atoms with Gasteiger partial charge in [0, 0.05) is 25.6 Å². The van der Waals surface area contributed by atoms with E-state index in [0.29, 0.717) is 6.04 Å². The zero-order chi connectivity index (χ0) is 12.8. The Kier molecular flexibility index (Phi) is 5.13. The highest BCUT2D eigenvalue weighted by atomic mass is 16.5. The van der Waals surface area contributed by atoms with Gasteiger partial charge in [0.05, 0.1) is 0 Å². The van der Waals surface area contributed by atoms with E-state index in [-0.39, 0.29) is 0 Å². The minimum Gasteiger partial charge on any atom is -0.343 e. The SMILES string of the molecule is CC(C)CN1CCC(NCCc2ncon2)CC1. The highest BCUT2D eigenvalue weighted by Gasteiger charge is 2.18. The van der Waals surface area contributed by atoms with Crippen LogP contribution >= 0.6 is 0 Å². The van der Waals surface area contributed by atoms with E-state index in [1.54, 1.807) is 0 Å². The molecule has 0 radical (unpaired) electrons. The Morgan fingerprint density at radius 1 is 1.44 bits per heavy atom. The normalized spacial score (nSPS) is 18.6. The maximum atomic E-state index is 4.71. The molecule has 0 amide bonds. The Balaban J connectivity index is 1.59. The maximum Gasteiger partial charge on any atom is 0.213 e. The molecule has 5 heteroatoms. The predicted octanol–water partition coefficient (Wildman–Crippen LogP) is 1.32. The summed E-state index contributed by atoms with van der Waals surface area (Å²) in [5.74, 6) is 1.56. The van der Waals surface area contributed by atoms with Crippen LogP contribution in [0.2, 0.25) is 0 Å². The summed E-state index contributed by atoms with van der Waals surface area (Å²) in [4.78, 5) is 6.59. The van der Waals surface area contributed by atoms with Gasteiger partial charge in [0.15, 0.2) is 5.82 Å². The molecule has 0 aromatic carbocycles. The largest absolute Gasteiger partial charge is 0.343 e. The van der Waals surface area contributed by atoms with Crippen molar-refractivity contribution in [2.75, 3.05) is 26.2 Å². The molecule has 1 aliphatic heterocycles. The molecule has 102 valence electrons. The maximum absolute atomic E-state index is 4.71. The van der Waals surface area contributed by atoms with E-state index in [1.165, 1.54) is 38.9 Å². The Bertz CT molecular complexity index is 318. The van der Waals surface area contributed by atoms with E-state index in [4.69, 9.17) is 4.52 Å². The van der Waals surface area contributed by atoms with Gasteiger partial charge >= 0.3 is 0 Å². The number of nitrogens with zero attached hydrogens (tertiary/aromatic N) is 3. The second-order valence-corrected chi connectivity index (χ2v) is 5.52. The van der Waals surface area contributed by atoms with Crippen LogP contribution in [0.1, 0.15) is 32.5 Å². The van der Waals surface area contributed by atoms with Gasteiger partial charge in [-0.3, -0.25) is 0 Å². The standard InChI is InChI=1S/C13H24N4O/c1-11(2)9-17-7-4-12(5-8-17)14-6-3-13-15-10-18-16-13/h10-12,14H,3-9H2,1-2H3. The first kappa shape index (κ1) is 13.5. The number of hydrogen-bond donors (Lipinski definition) is 1. The third kappa shape index (κ3) is 4.38. The van der Waals surface area contributed by atoms with Gasteiger partial charge in [-0.2, -0.15) is 4.98 Å². The average Bonchev–Trinajstić information content (AvgIpc) is 2.84. The van der Waals surface area contributed by atoms with E-state index in [9.17, 15) is 0 Å². The summed E-state index contributed by atoms with van der Waals surface area (Å²) in [6.45, 7) is 9.19. The van der Waals surface area contributed by atoms with Crippen molar-refractivity contribution in [3.05, 3.63) is 12.2 Å². The van der Waals surface area contributed by atoms with Gasteiger partial charge in [-0.1, -0.05) is 19.0 Å². The number of likely N-dealkylation sites (tertiary alicyclic amines) is 1. The minimum atomic E-state index is 0.653. The van der Waals surface area contributed by atoms with Crippen LogP contribution in [0.3, 0.4) is 0 Å². The van der Waals surface area contributed by atoms with Gasteiger partial charge in [0.2, 0.25) is 6.39 Å². The highest BCUT2D eigenvalue weighted by molar-refractivity contribution is 4.82. The summed E-state index contributed by atoms with van der Waals surface area (Å²) in [6, 6.07) is 0.653. The minimum absolute atomic E-state index is 0.653. The molecule has 1 aliphatic rings. The van der Waals surface area contributed by atoms with Crippen LogP contribution in [0.15, 0.2) is 10.9 Å². The fourth-order valence-corrected chi connectivity index (χ4v) is 2.53. The van der Waals surface area contributed by atoms with Gasteiger partial charge in [0.1, 0.15) is 0 Å². The summed E-state index contributed by atoms with van der Waals surface area (Å²) in [5, 5.41) is 7.39. The van der Waals surface area contributed by atoms with Crippen molar-refractivity contribution in [1.29, 1.82) is 0 Å². The molecule has 1 fully saturated rings. The molecule has 0 spiro atoms. The van der Waals surface area contributed by atoms with Gasteiger partial charge in [-0.05, 0) is 31.8 Å². The number of aromatic nitrogens is 2. The van der Waals surface area contributed by atoms with Crippen molar-refractivity contribution < 1.29 is 4.52 Å². The molecule has 2 rings (SSSR count). The van der Waals surface area contributed by atoms with Crippen molar-refractivity contribution in [3.8, 4) is 0 Å². The van der Waals surface area contributed by atoms with E-state index in [0.717, 1.165) is 24.7 Å². The zero-order valence-electron chi connectivity index (χ0n) is 11.4. The van der Waals surface area contributed by atoms with Crippen LogP contribution in [0.25, 0.3) is 0 Å². The molecule has 0 atom stereocenters. The Labute approximate surface area is 109 Å². The van der Waals surface area contributed by atoms with Crippen molar-refractivity contribution >= 4 is 0 Å². The van der Waals surface area contributed by atoms with Crippen molar-refractivity contribution in [2.24, 2.45) is 5.92 Å². The number of nitrogens with one attached hydrogen (secondary N) is 1. The second kappa shape index (κ2) is 6.85. The lowest BCUT2D eigenvalue weighted by atomic mass is 10.0. The fourth-order valence-electron chi connectivity index (χ4n) is 2.53. The Morgan fingerprint density at radius 2 is 2.22 bits per heavy atom. The molecule has 0 saturated carbocycles. The molecule has 1 aromatic heterocycles. The van der Waals surface area contributed by atoms with E-state index < -0.39 is 0 Å². The van der Waals surface area contributed by atoms with E-state index >= 15 is 0 Å².